The summed E-state index contributed by atoms with van der Waals surface area (Å²) in [7, 11) is 1.96. The number of fused-ring (bicyclic) bond motifs is 4. The number of benzene rings is 12. The van der Waals surface area contributed by atoms with Crippen LogP contribution in [0.5, 0.6) is 0 Å². The van der Waals surface area contributed by atoms with Crippen molar-refractivity contribution in [3.8, 4) is 78.1 Å². The fourth-order valence-corrected chi connectivity index (χ4v) is 16.9. The van der Waals surface area contributed by atoms with E-state index in [0.717, 1.165) is 137 Å². The van der Waals surface area contributed by atoms with Crippen LogP contribution in [0.3, 0.4) is 0 Å². The molecular weight excluding hydrogens is 1630 g/mol. The molecule has 594 valence electrons. The van der Waals surface area contributed by atoms with Crippen LogP contribution in [0.15, 0.2) is 314 Å². The monoisotopic (exact) mass is 1710 g/mol. The van der Waals surface area contributed by atoms with Crippen LogP contribution < -0.4 is 5.73 Å². The molecule has 0 radical (unpaired) electrons. The predicted octanol–water partition coefficient (Wildman–Crippen LogP) is 23.3. The first-order chi connectivity index (χ1) is 58.2. The van der Waals surface area contributed by atoms with Gasteiger partial charge in [0.05, 0.1) is 52.1 Å². The Morgan fingerprint density at radius 1 is 0.417 bits per heavy atom. The van der Waals surface area contributed by atoms with Crippen molar-refractivity contribution in [1.82, 2.24) is 34.9 Å². The van der Waals surface area contributed by atoms with Crippen molar-refractivity contribution in [2.24, 2.45) is 37.7 Å². The maximum Gasteiger partial charge on any atom is 0.209 e. The van der Waals surface area contributed by atoms with Crippen molar-refractivity contribution < 1.29 is 19.5 Å². The van der Waals surface area contributed by atoms with Crippen LogP contribution in [0.25, 0.3) is 121 Å². The van der Waals surface area contributed by atoms with Gasteiger partial charge in [0.1, 0.15) is 38.3 Å². The number of rotatable bonds is 19. The molecule has 23 heteroatoms. The molecule has 0 bridgehead atoms. The lowest BCUT2D eigenvalue weighted by Gasteiger charge is -2.11. The molecular formula is C97H81BrN14O4S4. The molecule has 4 N–H and O–H groups in total. The highest BCUT2D eigenvalue weighted by Crippen LogP contribution is 2.38. The van der Waals surface area contributed by atoms with E-state index in [9.17, 15) is 19.5 Å². The topological polar surface area (TPSA) is 257 Å². The molecule has 15 aromatic rings. The molecule has 0 atom stereocenters. The molecule has 0 spiro atoms. The summed E-state index contributed by atoms with van der Waals surface area (Å²) in [4.78, 5) is 46.9. The number of hydrogen-bond donors (Lipinski definition) is 3. The summed E-state index contributed by atoms with van der Waals surface area (Å²) in [6, 6.07) is 84.6. The number of halogens is 1. The number of Topliss-reactive ketones (excluding diaryl/α,β-unsaturated/α-hetero) is 3. The van der Waals surface area contributed by atoms with Crippen LogP contribution in [0.1, 0.15) is 68.2 Å². The minimum atomic E-state index is 0.104. The number of nitrogens with zero attached hydrogens (tertiary/aromatic N) is 12. The van der Waals surface area contributed by atoms with Crippen LogP contribution in [0.2, 0.25) is 0 Å². The van der Waals surface area contributed by atoms with Gasteiger partial charge in [0.25, 0.3) is 0 Å². The number of aliphatic hydroxyl groups excluding tert-OH is 1. The first-order valence-electron chi connectivity index (χ1n) is 38.7. The van der Waals surface area contributed by atoms with Crippen molar-refractivity contribution in [1.29, 1.82) is 0 Å². The Labute approximate surface area is 720 Å². The van der Waals surface area contributed by atoms with Gasteiger partial charge in [-0.2, -0.15) is 20.4 Å². The zero-order chi connectivity index (χ0) is 83.3. The van der Waals surface area contributed by atoms with Gasteiger partial charge < -0.3 is 10.8 Å². The second-order valence-corrected chi connectivity index (χ2v) is 34.2. The Kier molecular flexibility index (Phi) is 26.1. The normalized spacial score (nSPS) is 12.8. The van der Waals surface area contributed by atoms with E-state index in [-0.39, 0.29) is 23.1 Å². The molecule has 6 heterocycles. The molecule has 3 aliphatic rings. The van der Waals surface area contributed by atoms with Crippen molar-refractivity contribution in [2.45, 2.75) is 59.0 Å². The predicted molar refractivity (Wildman–Crippen MR) is 505 cm³/mol. The Morgan fingerprint density at radius 2 is 0.767 bits per heavy atom. The van der Waals surface area contributed by atoms with Gasteiger partial charge in [-0.15, -0.1) is 55.7 Å². The van der Waals surface area contributed by atoms with Gasteiger partial charge in [-0.1, -0.05) is 180 Å². The zero-order valence-electron chi connectivity index (χ0n) is 66.6. The largest absolute Gasteiger partial charge is 0.512 e. The number of aliphatic hydroxyl groups is 1. The summed E-state index contributed by atoms with van der Waals surface area (Å²) in [5.74, 6) is 3.60. The summed E-state index contributed by atoms with van der Waals surface area (Å²) in [5.41, 5.74) is 27.8. The van der Waals surface area contributed by atoms with Crippen LogP contribution in [-0.4, -0.2) is 113 Å². The lowest BCUT2D eigenvalue weighted by Crippen LogP contribution is -2.05. The van der Waals surface area contributed by atoms with Crippen LogP contribution in [0, 0.1) is 13.8 Å². The van der Waals surface area contributed by atoms with E-state index in [1.807, 2.05) is 79.7 Å². The van der Waals surface area contributed by atoms with Crippen LogP contribution in [-0.2, 0) is 21.4 Å². The third-order valence-electron chi connectivity index (χ3n) is 19.9. The average molecular weight is 1710 g/mol. The first kappa shape index (κ1) is 82.5. The molecule has 0 fully saturated rings. The smallest absolute Gasteiger partial charge is 0.209 e. The van der Waals surface area contributed by atoms with Gasteiger partial charge >= 0.3 is 0 Å². The Hall–Kier alpha value is -12.6. The fraction of sp³-hybridized carbons (Fsp3) is 0.134. The van der Waals surface area contributed by atoms with Gasteiger partial charge in [-0.3, -0.25) is 24.2 Å². The van der Waals surface area contributed by atoms with Gasteiger partial charge in [0, 0.05) is 76.8 Å². The SMILES string of the molecule is C=C(O)CSC1=NN=C(c2cc(-c3cnc(C)nc3)cc(-c3ccc4ccccc4c3)c2)C1.CC(=O)CSC1=NN=C(c2cc(-c3ccc4ccccc4c3)cc(-c3cnn(C)c3C)c2)C1.CC(=O)CSC1=NN=C(c2cc(N)cc(-c3ccc4ccccc4c3)c2)C1.CC(=O)CSc1n[nH]c(-c2cc(Br)cc(-c3ccc4ccccc4c3)c2)n1. The van der Waals surface area contributed by atoms with E-state index in [0.29, 0.717) is 58.9 Å². The lowest BCUT2D eigenvalue weighted by molar-refractivity contribution is -0.115. The minimum absolute atomic E-state index is 0.104. The summed E-state index contributed by atoms with van der Waals surface area (Å²) in [6.45, 7) is 12.2. The lowest BCUT2D eigenvalue weighted by atomic mass is 9.93. The number of carbonyl (C=O) groups excluding carboxylic acids is 3. The molecule has 12 aromatic carbocycles. The standard InChI is InChI=1S/C27H24N4OS.C27H22N4OS.C22H19N3OS.C21H16BrN3OS/c1-17(32)16-33-27-14-26(29-30-27)24-12-22(11-23(13-24)25-15-28-31(3)18(25)2)21-9-8-19-6-4-5-7-20(19)10-21;1-17(32)16-33-27-13-26(30-31-27)24-11-22(10-23(12-24)25-14-28-18(2)29-15-25)21-8-7-19-5-3-4-6-20(19)9-21;1-14(26)13-27-22-12-21(24-25-22)19-9-18(10-20(23)11-19)17-7-6-15-4-2-3-5-16(15)8-17;1-13(26)12-27-21-23-20(24-25-21)18-9-17(10-19(22)11-18)16-7-6-14-4-2-3-5-15(14)8-16/h4-13,15H,14,16H2,1-3H3;3-12,14-15,32H,1,13,16H2,2H3;2-11H,12-13,23H2,1H3;2-11H,12H2,1H3,(H,23,24,25). The summed E-state index contributed by atoms with van der Waals surface area (Å²) in [6.07, 6.45) is 7.53. The number of H-pyrrole nitrogens is 1. The van der Waals surface area contributed by atoms with Crippen molar-refractivity contribution >= 4 is 161 Å². The number of aryl methyl sites for hydroxylation is 2. The number of hydrogen-bond acceptors (Lipinski definition) is 20. The van der Waals surface area contributed by atoms with Crippen LogP contribution >= 0.6 is 63.0 Å². The third kappa shape index (κ3) is 20.9. The molecule has 0 saturated heterocycles. The molecule has 3 aromatic heterocycles. The Bertz CT molecular complexity index is 6710. The highest BCUT2D eigenvalue weighted by molar-refractivity contribution is 9.10. The quantitative estimate of drug-likeness (QED) is 0.0387. The second-order valence-electron chi connectivity index (χ2n) is 29.1. The van der Waals surface area contributed by atoms with E-state index < -0.39 is 0 Å². The van der Waals surface area contributed by atoms with E-state index in [1.165, 1.54) is 90.1 Å². The van der Waals surface area contributed by atoms with Crippen LogP contribution in [0.4, 0.5) is 5.69 Å². The molecule has 0 amide bonds. The molecule has 18 rings (SSSR count). The van der Waals surface area contributed by atoms with Gasteiger partial charge in [-0.05, 0) is 242 Å². The number of aromatic amines is 1. The van der Waals surface area contributed by atoms with E-state index >= 15 is 0 Å². The Morgan fingerprint density at radius 3 is 1.19 bits per heavy atom. The summed E-state index contributed by atoms with van der Waals surface area (Å²) in [5, 5.41) is 60.0. The minimum Gasteiger partial charge on any atom is -0.512 e. The Balaban J connectivity index is 0.000000125. The van der Waals surface area contributed by atoms with E-state index in [1.54, 1.807) is 20.8 Å². The highest BCUT2D eigenvalue weighted by atomic mass is 79.9. The van der Waals surface area contributed by atoms with Gasteiger partial charge in [-0.25, -0.2) is 15.0 Å². The van der Waals surface area contributed by atoms with Gasteiger partial charge in [0.15, 0.2) is 5.82 Å². The number of carbonyl (C=O) groups is 3. The number of nitrogens with two attached hydrogens (primary N) is 1. The number of ketones is 3. The number of aromatic nitrogens is 7. The third-order valence-corrected chi connectivity index (χ3v) is 24.7. The second kappa shape index (κ2) is 38.0. The summed E-state index contributed by atoms with van der Waals surface area (Å²) < 4.78 is 2.86. The van der Waals surface area contributed by atoms with E-state index in [4.69, 9.17) is 5.73 Å². The molecule has 18 nitrogen and oxygen atoms in total. The fourth-order valence-electron chi connectivity index (χ4n) is 13.8. The molecule has 3 aliphatic heterocycles. The molecule has 0 unspecified atom stereocenters. The van der Waals surface area contributed by atoms with E-state index in [2.05, 4.69) is 290 Å². The maximum atomic E-state index is 11.4. The number of anilines is 1. The summed E-state index contributed by atoms with van der Waals surface area (Å²) >= 11 is 9.32. The number of nitrogens with one attached hydrogen (secondary N) is 1. The highest BCUT2D eigenvalue weighted by Gasteiger charge is 2.23. The zero-order valence-corrected chi connectivity index (χ0v) is 71.5. The maximum absolute atomic E-state index is 11.4. The van der Waals surface area contributed by atoms with Crippen molar-refractivity contribution in [2.75, 3.05) is 28.7 Å². The molecule has 0 aliphatic carbocycles. The van der Waals surface area contributed by atoms with Crippen molar-refractivity contribution in [3.05, 3.63) is 306 Å². The average Bonchev–Trinajstić information content (AvgIpc) is 1.69. The number of nitrogen functional groups attached to an aromatic ring is 1. The number of thioether (sulfide) groups is 4. The molecule has 0 saturated carbocycles. The van der Waals surface area contributed by atoms with Crippen molar-refractivity contribution in [3.63, 3.8) is 0 Å². The van der Waals surface area contributed by atoms with Gasteiger partial charge in [0.2, 0.25) is 5.16 Å². The molecule has 120 heavy (non-hydrogen) atoms. The first-order valence-corrected chi connectivity index (χ1v) is 43.4.